The fourth-order valence-electron chi connectivity index (χ4n) is 2.72. The fraction of sp³-hybridized carbons (Fsp3) is 0.333. The van der Waals surface area contributed by atoms with Crippen LogP contribution in [0.3, 0.4) is 0 Å². The van der Waals surface area contributed by atoms with Gasteiger partial charge in [0.1, 0.15) is 18.0 Å². The van der Waals surface area contributed by atoms with Gasteiger partial charge in [0, 0.05) is 26.3 Å². The van der Waals surface area contributed by atoms with Gasteiger partial charge in [-0.25, -0.2) is 4.98 Å². The molecule has 3 aromatic heterocycles. The second-order valence-corrected chi connectivity index (χ2v) is 5.90. The first kappa shape index (κ1) is 15.6. The van der Waals surface area contributed by atoms with E-state index in [9.17, 15) is 13.2 Å². The largest absolute Gasteiger partial charge is 0.417 e. The average Bonchev–Trinajstić information content (AvgIpc) is 3.00. The molecule has 0 aliphatic carbocycles. The minimum atomic E-state index is -4.37. The number of aromatic nitrogens is 5. The van der Waals surface area contributed by atoms with Crippen LogP contribution in [-0.2, 0) is 6.18 Å². The summed E-state index contributed by atoms with van der Waals surface area (Å²) in [5, 5.41) is 12.1. The number of alkyl halides is 3. The molecule has 1 aliphatic heterocycles. The van der Waals surface area contributed by atoms with Crippen LogP contribution in [0.25, 0.3) is 5.65 Å². The lowest BCUT2D eigenvalue weighted by Gasteiger charge is -2.44. The summed E-state index contributed by atoms with van der Waals surface area (Å²) in [5.74, 6) is 1.32. The smallest absolute Gasteiger partial charge is 0.353 e. The van der Waals surface area contributed by atoms with E-state index < -0.39 is 11.7 Å². The number of likely N-dealkylation sites (N-methyl/N-ethyl adjacent to an activating group) is 1. The second-order valence-electron chi connectivity index (χ2n) is 5.90. The van der Waals surface area contributed by atoms with E-state index in [2.05, 4.69) is 25.2 Å². The maximum absolute atomic E-state index is 12.6. The van der Waals surface area contributed by atoms with Gasteiger partial charge in [-0.2, -0.15) is 17.7 Å². The van der Waals surface area contributed by atoms with Crippen LogP contribution in [0.5, 0.6) is 0 Å². The van der Waals surface area contributed by atoms with Crippen molar-refractivity contribution in [3.8, 4) is 0 Å². The van der Waals surface area contributed by atoms with Crippen molar-refractivity contribution in [3.05, 3.63) is 42.4 Å². The number of pyridine rings is 1. The van der Waals surface area contributed by atoms with E-state index >= 15 is 0 Å². The zero-order valence-electron chi connectivity index (χ0n) is 13.2. The van der Waals surface area contributed by atoms with Crippen LogP contribution < -0.4 is 9.80 Å². The predicted molar refractivity (Wildman–Crippen MR) is 84.4 cm³/mol. The highest BCUT2D eigenvalue weighted by Crippen LogP contribution is 2.30. The van der Waals surface area contributed by atoms with Gasteiger partial charge in [0.25, 0.3) is 0 Å². The summed E-state index contributed by atoms with van der Waals surface area (Å²) in [7, 11) is 1.83. The number of fused-ring (bicyclic) bond motifs is 1. The molecule has 0 bridgehead atoms. The maximum atomic E-state index is 12.6. The van der Waals surface area contributed by atoms with Crippen LogP contribution in [0.4, 0.5) is 24.8 Å². The molecular formula is C15H14F3N7. The molecule has 3 aromatic rings. The molecule has 0 amide bonds. The fourth-order valence-corrected chi connectivity index (χ4v) is 2.72. The Morgan fingerprint density at radius 2 is 1.96 bits per heavy atom. The lowest BCUT2D eigenvalue weighted by atomic mass is 10.1. The lowest BCUT2D eigenvalue weighted by molar-refractivity contribution is -0.137. The normalized spacial score (nSPS) is 15.4. The van der Waals surface area contributed by atoms with Crippen molar-refractivity contribution in [2.24, 2.45) is 0 Å². The van der Waals surface area contributed by atoms with Gasteiger partial charge >= 0.3 is 6.18 Å². The zero-order chi connectivity index (χ0) is 17.6. The monoisotopic (exact) mass is 349 g/mol. The molecule has 130 valence electrons. The summed E-state index contributed by atoms with van der Waals surface area (Å²) in [6.07, 6.45) is -1.97. The topological polar surface area (TPSA) is 62.5 Å². The molecule has 0 unspecified atom stereocenters. The standard InChI is InChI=1S/C15H14F3N7/c1-23(12-3-2-10(6-19-12)15(16,17)18)11-7-24(8-11)14-5-4-13-21-20-9-25(13)22-14/h2-6,9,11H,7-8H2,1H3. The third-order valence-corrected chi connectivity index (χ3v) is 4.32. The van der Waals surface area contributed by atoms with E-state index in [1.807, 2.05) is 24.1 Å². The highest BCUT2D eigenvalue weighted by molar-refractivity contribution is 5.50. The SMILES string of the molecule is CN(c1ccc(C(F)(F)F)cn1)C1CN(c2ccc3nncn3n2)C1. The van der Waals surface area contributed by atoms with Crippen LogP contribution in [0.2, 0.25) is 0 Å². The lowest BCUT2D eigenvalue weighted by Crippen LogP contribution is -2.59. The van der Waals surface area contributed by atoms with Crippen LogP contribution in [0, 0.1) is 0 Å². The van der Waals surface area contributed by atoms with Gasteiger partial charge in [0.05, 0.1) is 11.6 Å². The molecule has 10 heteroatoms. The van der Waals surface area contributed by atoms with Gasteiger partial charge in [-0.15, -0.1) is 15.3 Å². The van der Waals surface area contributed by atoms with E-state index in [0.29, 0.717) is 24.6 Å². The number of anilines is 2. The van der Waals surface area contributed by atoms with E-state index in [-0.39, 0.29) is 6.04 Å². The Kier molecular flexibility index (Phi) is 3.48. The molecule has 25 heavy (non-hydrogen) atoms. The average molecular weight is 349 g/mol. The van der Waals surface area contributed by atoms with Crippen LogP contribution in [-0.4, -0.2) is 51.0 Å². The summed E-state index contributed by atoms with van der Waals surface area (Å²) < 4.78 is 39.4. The molecule has 0 saturated carbocycles. The highest BCUT2D eigenvalue weighted by Gasteiger charge is 2.33. The Morgan fingerprint density at radius 3 is 2.64 bits per heavy atom. The number of rotatable bonds is 3. The molecule has 4 heterocycles. The first-order chi connectivity index (χ1) is 11.9. The molecule has 0 spiro atoms. The maximum Gasteiger partial charge on any atom is 0.417 e. The highest BCUT2D eigenvalue weighted by atomic mass is 19.4. The van der Waals surface area contributed by atoms with Crippen molar-refractivity contribution in [2.45, 2.75) is 12.2 Å². The summed E-state index contributed by atoms with van der Waals surface area (Å²) in [5.41, 5.74) is -0.0711. The van der Waals surface area contributed by atoms with E-state index in [1.165, 1.54) is 12.4 Å². The summed E-state index contributed by atoms with van der Waals surface area (Å²) in [6.45, 7) is 1.42. The van der Waals surface area contributed by atoms with Crippen LogP contribution in [0.15, 0.2) is 36.8 Å². The van der Waals surface area contributed by atoms with Crippen molar-refractivity contribution >= 4 is 17.3 Å². The third-order valence-electron chi connectivity index (χ3n) is 4.32. The molecule has 1 aliphatic rings. The first-order valence-electron chi connectivity index (χ1n) is 7.60. The van der Waals surface area contributed by atoms with Gasteiger partial charge in [-0.1, -0.05) is 0 Å². The molecule has 0 atom stereocenters. The molecule has 1 saturated heterocycles. The van der Waals surface area contributed by atoms with Crippen LogP contribution >= 0.6 is 0 Å². The van der Waals surface area contributed by atoms with Gasteiger partial charge in [0.15, 0.2) is 5.65 Å². The summed E-state index contributed by atoms with van der Waals surface area (Å²) >= 11 is 0. The van der Waals surface area contributed by atoms with Crippen molar-refractivity contribution in [3.63, 3.8) is 0 Å². The molecule has 0 N–H and O–H groups in total. The Hall–Kier alpha value is -2.91. The summed E-state index contributed by atoms with van der Waals surface area (Å²) in [6, 6.07) is 6.31. The first-order valence-corrected chi connectivity index (χ1v) is 7.60. The molecule has 1 fully saturated rings. The van der Waals surface area contributed by atoms with E-state index in [0.717, 1.165) is 18.1 Å². The number of halogens is 3. The quantitative estimate of drug-likeness (QED) is 0.719. The molecule has 4 rings (SSSR count). The summed E-state index contributed by atoms with van der Waals surface area (Å²) in [4.78, 5) is 7.89. The van der Waals surface area contributed by atoms with Gasteiger partial charge in [-0.05, 0) is 24.3 Å². The predicted octanol–water partition coefficient (Wildman–Crippen LogP) is 1.86. The number of nitrogens with zero attached hydrogens (tertiary/aromatic N) is 7. The molecule has 0 radical (unpaired) electrons. The van der Waals surface area contributed by atoms with Crippen molar-refractivity contribution in [1.29, 1.82) is 0 Å². The van der Waals surface area contributed by atoms with Crippen molar-refractivity contribution in [2.75, 3.05) is 29.9 Å². The Bertz CT molecular complexity index is 884. The van der Waals surface area contributed by atoms with Gasteiger partial charge < -0.3 is 9.80 Å². The Labute approximate surface area is 140 Å². The molecule has 0 aromatic carbocycles. The minimum Gasteiger partial charge on any atom is -0.353 e. The number of hydrogen-bond donors (Lipinski definition) is 0. The second kappa shape index (κ2) is 5.57. The van der Waals surface area contributed by atoms with Gasteiger partial charge in [-0.3, -0.25) is 0 Å². The van der Waals surface area contributed by atoms with Gasteiger partial charge in [0.2, 0.25) is 0 Å². The van der Waals surface area contributed by atoms with E-state index in [1.54, 1.807) is 4.52 Å². The minimum absolute atomic E-state index is 0.155. The Balaban J connectivity index is 1.42. The zero-order valence-corrected chi connectivity index (χ0v) is 13.2. The molecule has 7 nitrogen and oxygen atoms in total. The third kappa shape index (κ3) is 2.83. The van der Waals surface area contributed by atoms with Crippen molar-refractivity contribution in [1.82, 2.24) is 24.8 Å². The van der Waals surface area contributed by atoms with E-state index in [4.69, 9.17) is 0 Å². The van der Waals surface area contributed by atoms with Crippen LogP contribution in [0.1, 0.15) is 5.56 Å². The number of hydrogen-bond acceptors (Lipinski definition) is 6. The Morgan fingerprint density at radius 1 is 1.16 bits per heavy atom. The van der Waals surface area contributed by atoms with Crippen molar-refractivity contribution < 1.29 is 13.2 Å². The molecular weight excluding hydrogens is 335 g/mol.